The van der Waals surface area contributed by atoms with E-state index in [2.05, 4.69) is 4.72 Å². The van der Waals surface area contributed by atoms with Gasteiger partial charge in [-0.1, -0.05) is 17.7 Å². The number of carbonyl (C=O) groups excluding carboxylic acids is 1. The molecule has 1 N–H and O–H groups in total. The Morgan fingerprint density at radius 1 is 1.00 bits per heavy atom. The van der Waals surface area contributed by atoms with Crippen molar-refractivity contribution in [3.05, 3.63) is 59.2 Å². The number of anilines is 1. The summed E-state index contributed by atoms with van der Waals surface area (Å²) in [4.78, 5) is 10.9. The monoisotopic (exact) mass is 289 g/mol. The summed E-state index contributed by atoms with van der Waals surface area (Å²) in [6, 6.07) is 11.4. The summed E-state index contributed by atoms with van der Waals surface area (Å²) in [5.74, 6) is 0. The van der Waals surface area contributed by atoms with Crippen LogP contribution in [0.25, 0.3) is 0 Å². The average Bonchev–Trinajstić information content (AvgIpc) is 2.39. The van der Waals surface area contributed by atoms with Crippen LogP contribution in [0, 0.1) is 13.8 Å². The summed E-state index contributed by atoms with van der Waals surface area (Å²) in [6.45, 7) is 3.65. The van der Waals surface area contributed by atoms with E-state index in [0.29, 0.717) is 11.3 Å². The fourth-order valence-electron chi connectivity index (χ4n) is 1.80. The zero-order valence-electron chi connectivity index (χ0n) is 11.3. The van der Waals surface area contributed by atoms with Gasteiger partial charge in [0.15, 0.2) is 0 Å². The number of aldehydes is 1. The molecule has 0 spiro atoms. The van der Waals surface area contributed by atoms with E-state index in [-0.39, 0.29) is 4.90 Å². The maximum absolute atomic E-state index is 12.2. The van der Waals surface area contributed by atoms with Crippen molar-refractivity contribution >= 4 is 22.0 Å². The molecule has 0 saturated heterocycles. The van der Waals surface area contributed by atoms with Crippen LogP contribution in [-0.2, 0) is 10.0 Å². The molecule has 2 aromatic carbocycles. The number of aryl methyl sites for hydroxylation is 2. The zero-order chi connectivity index (χ0) is 14.8. The van der Waals surface area contributed by atoms with E-state index in [0.717, 1.165) is 17.4 Å². The number of hydrogen-bond acceptors (Lipinski definition) is 3. The van der Waals surface area contributed by atoms with Gasteiger partial charge in [-0.15, -0.1) is 0 Å². The summed E-state index contributed by atoms with van der Waals surface area (Å²) >= 11 is 0. The van der Waals surface area contributed by atoms with E-state index in [1.807, 2.05) is 6.92 Å². The maximum atomic E-state index is 12.2. The highest BCUT2D eigenvalue weighted by Gasteiger charge is 2.14. The van der Waals surface area contributed by atoms with Gasteiger partial charge in [0.25, 0.3) is 10.0 Å². The van der Waals surface area contributed by atoms with Crippen molar-refractivity contribution < 1.29 is 13.2 Å². The fraction of sp³-hybridized carbons (Fsp3) is 0.133. The Morgan fingerprint density at radius 2 is 1.65 bits per heavy atom. The second-order valence-electron chi connectivity index (χ2n) is 4.61. The molecule has 0 atom stereocenters. The molecule has 0 aliphatic carbocycles. The molecule has 104 valence electrons. The molecule has 20 heavy (non-hydrogen) atoms. The van der Waals surface area contributed by atoms with Crippen molar-refractivity contribution in [3.63, 3.8) is 0 Å². The second-order valence-corrected chi connectivity index (χ2v) is 6.29. The number of sulfonamides is 1. The molecule has 0 heterocycles. The zero-order valence-corrected chi connectivity index (χ0v) is 12.1. The predicted molar refractivity (Wildman–Crippen MR) is 78.6 cm³/mol. The number of hydrogen-bond donors (Lipinski definition) is 1. The third-order valence-corrected chi connectivity index (χ3v) is 4.38. The smallest absolute Gasteiger partial charge is 0.261 e. The highest BCUT2D eigenvalue weighted by atomic mass is 32.2. The largest absolute Gasteiger partial charge is 0.298 e. The van der Waals surface area contributed by atoms with Gasteiger partial charge < -0.3 is 0 Å². The van der Waals surface area contributed by atoms with Crippen LogP contribution in [0.5, 0.6) is 0 Å². The molecule has 2 rings (SSSR count). The molecule has 0 aliphatic rings. The van der Waals surface area contributed by atoms with Crippen LogP contribution in [0.1, 0.15) is 21.5 Å². The van der Waals surface area contributed by atoms with Gasteiger partial charge in [-0.2, -0.15) is 0 Å². The van der Waals surface area contributed by atoms with Crippen LogP contribution < -0.4 is 4.72 Å². The van der Waals surface area contributed by atoms with Crippen LogP contribution in [0.3, 0.4) is 0 Å². The van der Waals surface area contributed by atoms with Crippen LogP contribution in [0.15, 0.2) is 47.4 Å². The standard InChI is InChI=1S/C15H15NO3S/c1-11-3-7-15(8-4-11)20(18,19)16-14-6-5-13(10-17)12(2)9-14/h3-10,16H,1-2H3. The molecule has 0 aromatic heterocycles. The number of nitrogens with one attached hydrogen (secondary N) is 1. The van der Waals surface area contributed by atoms with Gasteiger partial charge in [-0.05, 0) is 49.7 Å². The quantitative estimate of drug-likeness (QED) is 0.880. The van der Waals surface area contributed by atoms with Gasteiger partial charge in [-0.25, -0.2) is 8.42 Å². The van der Waals surface area contributed by atoms with E-state index < -0.39 is 10.0 Å². The minimum absolute atomic E-state index is 0.209. The maximum Gasteiger partial charge on any atom is 0.261 e. The van der Waals surface area contributed by atoms with E-state index in [4.69, 9.17) is 0 Å². The third kappa shape index (κ3) is 3.05. The van der Waals surface area contributed by atoms with Crippen molar-refractivity contribution in [1.29, 1.82) is 0 Å². The lowest BCUT2D eigenvalue weighted by Gasteiger charge is -2.09. The molecule has 2 aromatic rings. The Kier molecular flexibility index (Phi) is 3.90. The fourth-order valence-corrected chi connectivity index (χ4v) is 2.85. The molecule has 0 aliphatic heterocycles. The number of carbonyl (C=O) groups is 1. The minimum atomic E-state index is -3.60. The molecular weight excluding hydrogens is 274 g/mol. The Morgan fingerprint density at radius 3 is 2.20 bits per heavy atom. The normalized spacial score (nSPS) is 11.1. The van der Waals surface area contributed by atoms with Gasteiger partial charge in [0.2, 0.25) is 0 Å². The molecule has 0 radical (unpaired) electrons. The van der Waals surface area contributed by atoms with Gasteiger partial charge in [0.1, 0.15) is 6.29 Å². The van der Waals surface area contributed by atoms with E-state index in [9.17, 15) is 13.2 Å². The third-order valence-electron chi connectivity index (χ3n) is 2.98. The summed E-state index contributed by atoms with van der Waals surface area (Å²) < 4.78 is 26.9. The summed E-state index contributed by atoms with van der Waals surface area (Å²) in [5.41, 5.74) is 2.70. The van der Waals surface area contributed by atoms with Crippen LogP contribution >= 0.6 is 0 Å². The van der Waals surface area contributed by atoms with Crippen molar-refractivity contribution in [1.82, 2.24) is 0 Å². The lowest BCUT2D eigenvalue weighted by Crippen LogP contribution is -2.13. The Balaban J connectivity index is 2.30. The summed E-state index contributed by atoms with van der Waals surface area (Å²) in [6.07, 6.45) is 0.744. The van der Waals surface area contributed by atoms with Gasteiger partial charge in [-0.3, -0.25) is 9.52 Å². The number of rotatable bonds is 4. The molecule has 5 heteroatoms. The van der Waals surface area contributed by atoms with Crippen LogP contribution in [-0.4, -0.2) is 14.7 Å². The lowest BCUT2D eigenvalue weighted by atomic mass is 10.1. The van der Waals surface area contributed by atoms with E-state index in [1.54, 1.807) is 49.4 Å². The molecular formula is C15H15NO3S. The first-order valence-electron chi connectivity index (χ1n) is 6.08. The van der Waals surface area contributed by atoms with Crippen molar-refractivity contribution in [2.75, 3.05) is 4.72 Å². The van der Waals surface area contributed by atoms with Crippen molar-refractivity contribution in [3.8, 4) is 0 Å². The molecule has 0 saturated carbocycles. The first-order chi connectivity index (χ1) is 9.42. The average molecular weight is 289 g/mol. The number of benzene rings is 2. The SMILES string of the molecule is Cc1ccc(S(=O)(=O)Nc2ccc(C=O)c(C)c2)cc1. The van der Waals surface area contributed by atoms with Crippen molar-refractivity contribution in [2.24, 2.45) is 0 Å². The molecule has 0 fully saturated rings. The molecule has 4 nitrogen and oxygen atoms in total. The Hall–Kier alpha value is -2.14. The highest BCUT2D eigenvalue weighted by molar-refractivity contribution is 7.92. The van der Waals surface area contributed by atoms with E-state index in [1.165, 1.54) is 0 Å². The topological polar surface area (TPSA) is 63.2 Å². The predicted octanol–water partition coefficient (Wildman–Crippen LogP) is 2.92. The highest BCUT2D eigenvalue weighted by Crippen LogP contribution is 2.19. The summed E-state index contributed by atoms with van der Waals surface area (Å²) in [5, 5.41) is 0. The van der Waals surface area contributed by atoms with Gasteiger partial charge in [0.05, 0.1) is 4.90 Å². The Labute approximate surface area is 118 Å². The van der Waals surface area contributed by atoms with Gasteiger partial charge in [0, 0.05) is 11.3 Å². The van der Waals surface area contributed by atoms with Crippen LogP contribution in [0.2, 0.25) is 0 Å². The minimum Gasteiger partial charge on any atom is -0.298 e. The van der Waals surface area contributed by atoms with Gasteiger partial charge >= 0.3 is 0 Å². The first-order valence-corrected chi connectivity index (χ1v) is 7.56. The van der Waals surface area contributed by atoms with Crippen molar-refractivity contribution in [2.45, 2.75) is 18.7 Å². The Bertz CT molecular complexity index is 734. The molecule has 0 amide bonds. The van der Waals surface area contributed by atoms with Crippen LogP contribution in [0.4, 0.5) is 5.69 Å². The second kappa shape index (κ2) is 5.46. The first kappa shape index (κ1) is 14.3. The molecule has 0 unspecified atom stereocenters. The van der Waals surface area contributed by atoms with E-state index >= 15 is 0 Å². The molecule has 0 bridgehead atoms. The lowest BCUT2D eigenvalue weighted by molar-refractivity contribution is 0.112. The summed E-state index contributed by atoms with van der Waals surface area (Å²) in [7, 11) is -3.60.